The predicted molar refractivity (Wildman–Crippen MR) is 77.7 cm³/mol. The van der Waals surface area contributed by atoms with E-state index in [4.69, 9.17) is 0 Å². The van der Waals surface area contributed by atoms with Crippen LogP contribution in [-0.2, 0) is 5.75 Å². The Bertz CT molecular complexity index is 400. The van der Waals surface area contributed by atoms with Gasteiger partial charge in [0.2, 0.25) is 0 Å². The van der Waals surface area contributed by atoms with Crippen molar-refractivity contribution in [2.75, 3.05) is 6.54 Å². The molecule has 2 heteroatoms. The molecule has 0 bridgehead atoms. The summed E-state index contributed by atoms with van der Waals surface area (Å²) >= 11 is 2.09. The van der Waals surface area contributed by atoms with Gasteiger partial charge in [0.15, 0.2) is 0 Å². The molecular weight excluding hydrogens is 226 g/mol. The van der Waals surface area contributed by atoms with Crippen molar-refractivity contribution in [3.8, 4) is 0 Å². The first-order valence-electron chi connectivity index (χ1n) is 6.56. The SMILES string of the molecule is CCNC1CC(C)SCc2cc(C)cc(C)c21. The lowest BCUT2D eigenvalue weighted by Gasteiger charge is -2.22. The van der Waals surface area contributed by atoms with Gasteiger partial charge in [0.1, 0.15) is 0 Å². The second-order valence-corrected chi connectivity index (χ2v) is 6.55. The molecule has 0 aromatic heterocycles. The number of thioether (sulfide) groups is 1. The maximum Gasteiger partial charge on any atom is 0.0336 e. The third-order valence-electron chi connectivity index (χ3n) is 3.51. The minimum atomic E-state index is 0.542. The van der Waals surface area contributed by atoms with Crippen molar-refractivity contribution in [3.63, 3.8) is 0 Å². The minimum absolute atomic E-state index is 0.542. The molecule has 2 rings (SSSR count). The molecule has 1 aliphatic rings. The van der Waals surface area contributed by atoms with E-state index in [0.717, 1.165) is 11.8 Å². The quantitative estimate of drug-likeness (QED) is 0.851. The van der Waals surface area contributed by atoms with Crippen LogP contribution in [0.25, 0.3) is 0 Å². The summed E-state index contributed by atoms with van der Waals surface area (Å²) in [5.41, 5.74) is 5.96. The van der Waals surface area contributed by atoms with Crippen LogP contribution in [0, 0.1) is 13.8 Å². The van der Waals surface area contributed by atoms with E-state index in [1.807, 2.05) is 0 Å². The van der Waals surface area contributed by atoms with Crippen molar-refractivity contribution >= 4 is 11.8 Å². The highest BCUT2D eigenvalue weighted by Crippen LogP contribution is 2.36. The third kappa shape index (κ3) is 2.86. The predicted octanol–water partition coefficient (Wildman–Crippen LogP) is 3.98. The molecule has 0 radical (unpaired) electrons. The normalized spacial score (nSPS) is 24.2. The highest BCUT2D eigenvalue weighted by atomic mass is 32.2. The van der Waals surface area contributed by atoms with Crippen LogP contribution >= 0.6 is 11.8 Å². The summed E-state index contributed by atoms with van der Waals surface area (Å²) in [5.74, 6) is 1.17. The summed E-state index contributed by atoms with van der Waals surface area (Å²) in [6.07, 6.45) is 1.25. The van der Waals surface area contributed by atoms with Crippen molar-refractivity contribution < 1.29 is 0 Å². The van der Waals surface area contributed by atoms with Crippen molar-refractivity contribution in [1.82, 2.24) is 5.32 Å². The number of fused-ring (bicyclic) bond motifs is 1. The Morgan fingerprint density at radius 3 is 2.82 bits per heavy atom. The molecule has 2 atom stereocenters. The molecule has 0 amide bonds. The van der Waals surface area contributed by atoms with Crippen LogP contribution in [0.3, 0.4) is 0 Å². The van der Waals surface area contributed by atoms with Crippen molar-refractivity contribution in [1.29, 1.82) is 0 Å². The first-order chi connectivity index (χ1) is 8.11. The van der Waals surface area contributed by atoms with Gasteiger partial charge in [-0.05, 0) is 43.5 Å². The second-order valence-electron chi connectivity index (χ2n) is 5.12. The zero-order chi connectivity index (χ0) is 12.4. The molecular formula is C15H23NS. The summed E-state index contributed by atoms with van der Waals surface area (Å²) in [7, 11) is 0. The van der Waals surface area contributed by atoms with Gasteiger partial charge in [-0.25, -0.2) is 0 Å². The molecule has 1 aromatic rings. The lowest BCUT2D eigenvalue weighted by atomic mass is 9.92. The molecule has 1 aromatic carbocycles. The van der Waals surface area contributed by atoms with E-state index >= 15 is 0 Å². The Morgan fingerprint density at radius 1 is 1.35 bits per heavy atom. The first-order valence-corrected chi connectivity index (χ1v) is 7.61. The van der Waals surface area contributed by atoms with Crippen LogP contribution in [0.4, 0.5) is 0 Å². The van der Waals surface area contributed by atoms with Crippen LogP contribution in [-0.4, -0.2) is 11.8 Å². The molecule has 0 saturated heterocycles. The monoisotopic (exact) mass is 249 g/mol. The fourth-order valence-corrected chi connectivity index (χ4v) is 3.90. The van der Waals surface area contributed by atoms with E-state index in [9.17, 15) is 0 Å². The van der Waals surface area contributed by atoms with Crippen LogP contribution in [0.1, 0.15) is 48.6 Å². The van der Waals surface area contributed by atoms with E-state index in [1.165, 1.54) is 23.3 Å². The number of rotatable bonds is 2. The highest BCUT2D eigenvalue weighted by Gasteiger charge is 2.23. The van der Waals surface area contributed by atoms with E-state index in [0.29, 0.717) is 6.04 Å². The van der Waals surface area contributed by atoms with Crippen LogP contribution in [0.2, 0.25) is 0 Å². The summed E-state index contributed by atoms with van der Waals surface area (Å²) < 4.78 is 0. The number of nitrogens with one attached hydrogen (secondary N) is 1. The Kier molecular flexibility index (Phi) is 4.16. The lowest BCUT2D eigenvalue weighted by molar-refractivity contribution is 0.513. The average Bonchev–Trinajstić information content (AvgIpc) is 2.39. The molecule has 1 N–H and O–H groups in total. The van der Waals surface area contributed by atoms with Gasteiger partial charge >= 0.3 is 0 Å². The number of hydrogen-bond acceptors (Lipinski definition) is 2. The first kappa shape index (κ1) is 13.0. The summed E-state index contributed by atoms with van der Waals surface area (Å²) in [6.45, 7) is 10.1. The Hall–Kier alpha value is -0.470. The summed E-state index contributed by atoms with van der Waals surface area (Å²) in [6, 6.07) is 5.24. The van der Waals surface area contributed by atoms with Gasteiger partial charge in [-0.1, -0.05) is 31.5 Å². The molecule has 17 heavy (non-hydrogen) atoms. The zero-order valence-corrected chi connectivity index (χ0v) is 12.2. The molecule has 2 unspecified atom stereocenters. The van der Waals surface area contributed by atoms with Gasteiger partial charge in [0, 0.05) is 17.0 Å². The Morgan fingerprint density at radius 2 is 2.12 bits per heavy atom. The minimum Gasteiger partial charge on any atom is -0.310 e. The van der Waals surface area contributed by atoms with Crippen LogP contribution in [0.15, 0.2) is 12.1 Å². The Balaban J connectivity index is 2.44. The van der Waals surface area contributed by atoms with Gasteiger partial charge in [-0.2, -0.15) is 11.8 Å². The van der Waals surface area contributed by atoms with Crippen molar-refractivity contribution in [2.45, 2.75) is 51.2 Å². The molecule has 1 nitrogen and oxygen atoms in total. The zero-order valence-electron chi connectivity index (χ0n) is 11.3. The van der Waals surface area contributed by atoms with Crippen molar-refractivity contribution in [2.24, 2.45) is 0 Å². The van der Waals surface area contributed by atoms with Crippen LogP contribution < -0.4 is 5.32 Å². The molecule has 0 fully saturated rings. The largest absolute Gasteiger partial charge is 0.310 e. The molecule has 1 heterocycles. The topological polar surface area (TPSA) is 12.0 Å². The third-order valence-corrected chi connectivity index (χ3v) is 4.75. The fourth-order valence-electron chi connectivity index (χ4n) is 2.87. The molecule has 94 valence electrons. The summed E-state index contributed by atoms with van der Waals surface area (Å²) in [5, 5.41) is 4.40. The van der Waals surface area contributed by atoms with E-state index in [1.54, 1.807) is 11.1 Å². The van der Waals surface area contributed by atoms with E-state index in [2.05, 4.69) is 56.9 Å². The lowest BCUT2D eigenvalue weighted by Crippen LogP contribution is -2.24. The maximum absolute atomic E-state index is 3.66. The fraction of sp³-hybridized carbons (Fsp3) is 0.600. The number of aryl methyl sites for hydroxylation is 2. The van der Waals surface area contributed by atoms with E-state index in [-0.39, 0.29) is 0 Å². The van der Waals surface area contributed by atoms with Gasteiger partial charge in [-0.3, -0.25) is 0 Å². The molecule has 0 aliphatic carbocycles. The number of hydrogen-bond donors (Lipinski definition) is 1. The summed E-state index contributed by atoms with van der Waals surface area (Å²) in [4.78, 5) is 0. The van der Waals surface area contributed by atoms with Gasteiger partial charge in [0.05, 0.1) is 0 Å². The standard InChI is InChI=1S/C15H23NS/c1-5-16-14-8-12(4)17-9-13-7-10(2)6-11(3)15(13)14/h6-7,12,14,16H,5,8-9H2,1-4H3. The smallest absolute Gasteiger partial charge is 0.0336 e. The van der Waals surface area contributed by atoms with Crippen LogP contribution in [0.5, 0.6) is 0 Å². The second kappa shape index (κ2) is 5.45. The highest BCUT2D eigenvalue weighted by molar-refractivity contribution is 7.99. The average molecular weight is 249 g/mol. The van der Waals surface area contributed by atoms with Crippen molar-refractivity contribution in [3.05, 3.63) is 34.4 Å². The number of benzene rings is 1. The molecule has 0 saturated carbocycles. The molecule has 0 spiro atoms. The van der Waals surface area contributed by atoms with Gasteiger partial charge < -0.3 is 5.32 Å². The van der Waals surface area contributed by atoms with Gasteiger partial charge in [-0.15, -0.1) is 0 Å². The van der Waals surface area contributed by atoms with Gasteiger partial charge in [0.25, 0.3) is 0 Å². The maximum atomic E-state index is 3.66. The van der Waals surface area contributed by atoms with E-state index < -0.39 is 0 Å². The Labute approximate surface area is 109 Å². The molecule has 1 aliphatic heterocycles.